The zero-order chi connectivity index (χ0) is 58.1. The zero-order valence-corrected chi connectivity index (χ0v) is 53.1. The molecule has 0 bridgehead atoms. The first-order valence-corrected chi connectivity index (χ1v) is 34.8. The van der Waals surface area contributed by atoms with E-state index in [1.165, 1.54) is 250 Å². The molecule has 464 valence electrons. The third-order valence-electron chi connectivity index (χ3n) is 16.7. The molecule has 0 aromatic heterocycles. The van der Waals surface area contributed by atoms with Crippen LogP contribution in [0.5, 0.6) is 17.2 Å². The van der Waals surface area contributed by atoms with Crippen molar-refractivity contribution >= 4 is 11.6 Å². The summed E-state index contributed by atoms with van der Waals surface area (Å²) in [7, 11) is 0. The molecule has 0 spiro atoms. The predicted molar refractivity (Wildman–Crippen MR) is 340 cm³/mol. The molecule has 0 unspecified atom stereocenters. The first kappa shape index (κ1) is 72.3. The monoisotopic (exact) mass is 1150 g/mol. The second kappa shape index (κ2) is 49.3. The van der Waals surface area contributed by atoms with Gasteiger partial charge in [0.05, 0.1) is 19.8 Å². The van der Waals surface area contributed by atoms with Crippen molar-refractivity contribution in [2.75, 3.05) is 19.8 Å². The Balaban J connectivity index is 1.70. The number of unbranched alkanes of at least 4 members (excludes halogenated alkanes) is 45. The highest BCUT2D eigenvalue weighted by Gasteiger charge is 2.38. The Bertz CT molecular complexity index is 1790. The maximum absolute atomic E-state index is 15.2. The molecule has 81 heavy (non-hydrogen) atoms. The largest absolute Gasteiger partial charge is 0.490 e. The zero-order valence-electron chi connectivity index (χ0n) is 52.3. The quantitative estimate of drug-likeness (QED) is 0.0244. The summed E-state index contributed by atoms with van der Waals surface area (Å²) >= 11 is 7.65. The molecular formula is C73H119ClF4O3. The highest BCUT2D eigenvalue weighted by Crippen LogP contribution is 2.50. The second-order valence-electron chi connectivity index (χ2n) is 24.2. The summed E-state index contributed by atoms with van der Waals surface area (Å²) in [5.41, 5.74) is 0.278. The Labute approximate surface area is 500 Å². The van der Waals surface area contributed by atoms with Crippen molar-refractivity contribution in [1.29, 1.82) is 0 Å². The SMILES string of the molecule is CCCCCCCCCCCCCCCCCCOc1cc(C(Cl)(c2cc(F)cc(F)c2)c2cc(F)cc(F)c2)cc(OCCCCCCCCCCCCCCCCCC)c1OCCCCCCCCCCCCCCCCCC. The summed E-state index contributed by atoms with van der Waals surface area (Å²) in [5.74, 6) is -2.17. The first-order chi connectivity index (χ1) is 39.7. The van der Waals surface area contributed by atoms with E-state index in [0.29, 0.717) is 42.6 Å². The van der Waals surface area contributed by atoms with Gasteiger partial charge in [-0.1, -0.05) is 310 Å². The normalized spacial score (nSPS) is 11.8. The van der Waals surface area contributed by atoms with Crippen LogP contribution in [0, 0.1) is 23.3 Å². The van der Waals surface area contributed by atoms with Gasteiger partial charge in [0.15, 0.2) is 11.5 Å². The van der Waals surface area contributed by atoms with Crippen molar-refractivity contribution < 1.29 is 31.8 Å². The minimum absolute atomic E-state index is 0.0130. The Morgan fingerprint density at radius 1 is 0.259 bits per heavy atom. The lowest BCUT2D eigenvalue weighted by atomic mass is 9.83. The van der Waals surface area contributed by atoms with Crippen LogP contribution in [0.1, 0.15) is 346 Å². The van der Waals surface area contributed by atoms with Gasteiger partial charge in [0, 0.05) is 12.1 Å². The average Bonchev–Trinajstić information content (AvgIpc) is 3.62. The number of ether oxygens (including phenoxy) is 3. The molecule has 0 atom stereocenters. The van der Waals surface area contributed by atoms with Crippen LogP contribution in [0.25, 0.3) is 0 Å². The number of alkyl halides is 1. The van der Waals surface area contributed by atoms with Crippen molar-refractivity contribution in [3.63, 3.8) is 0 Å². The highest BCUT2D eigenvalue weighted by atomic mass is 35.5. The molecule has 0 radical (unpaired) electrons. The number of hydrogen-bond acceptors (Lipinski definition) is 3. The van der Waals surface area contributed by atoms with E-state index in [2.05, 4.69) is 20.8 Å². The molecular weight excluding hydrogens is 1040 g/mol. The maximum Gasteiger partial charge on any atom is 0.203 e. The topological polar surface area (TPSA) is 27.7 Å². The molecule has 0 amide bonds. The predicted octanol–water partition coefficient (Wildman–Crippen LogP) is 25.7. The molecule has 3 nitrogen and oxygen atoms in total. The lowest BCUT2D eigenvalue weighted by molar-refractivity contribution is 0.233. The standard InChI is InChI=1S/C73H119ClF4O3/c1-4-7-10-13-16-19-22-25-28-31-34-37-40-43-46-49-52-79-70-59-65(73(74,63-55-66(75)61-67(76)56-63)64-57-68(77)62-69(78)58-64)60-71(80-53-50-47-44-41-38-35-32-29-26-23-20-17-14-11-8-5-2)72(70)81-54-51-48-45-42-39-36-33-30-27-24-21-18-15-12-9-6-3/h55-62H,4-54H2,1-3H3. The summed E-state index contributed by atoms with van der Waals surface area (Å²) in [6.45, 7) is 8.11. The van der Waals surface area contributed by atoms with Crippen molar-refractivity contribution in [1.82, 2.24) is 0 Å². The van der Waals surface area contributed by atoms with E-state index >= 15 is 17.6 Å². The van der Waals surface area contributed by atoms with Gasteiger partial charge in [-0.25, -0.2) is 17.6 Å². The number of benzene rings is 3. The molecule has 3 aromatic carbocycles. The number of halogens is 5. The Hall–Kier alpha value is -2.93. The van der Waals surface area contributed by atoms with E-state index in [1.54, 1.807) is 12.1 Å². The minimum atomic E-state index is -1.93. The fourth-order valence-corrected chi connectivity index (χ4v) is 12.0. The Kier molecular flexibility index (Phi) is 44.1. The Morgan fingerprint density at radius 2 is 0.444 bits per heavy atom. The van der Waals surface area contributed by atoms with E-state index < -0.39 is 28.1 Å². The highest BCUT2D eigenvalue weighted by molar-refractivity contribution is 6.28. The fourth-order valence-electron chi connectivity index (χ4n) is 11.6. The molecule has 0 N–H and O–H groups in total. The van der Waals surface area contributed by atoms with Gasteiger partial charge < -0.3 is 14.2 Å². The summed E-state index contributed by atoms with van der Waals surface area (Å²) in [5, 5.41) is 0. The molecule has 0 fully saturated rings. The molecule has 0 heterocycles. The van der Waals surface area contributed by atoms with E-state index in [9.17, 15) is 0 Å². The first-order valence-electron chi connectivity index (χ1n) is 34.4. The third-order valence-corrected chi connectivity index (χ3v) is 17.3. The van der Waals surface area contributed by atoms with Gasteiger partial charge in [-0.2, -0.15) is 0 Å². The second-order valence-corrected chi connectivity index (χ2v) is 24.8. The summed E-state index contributed by atoms with van der Waals surface area (Å²) in [4.78, 5) is -1.93. The van der Waals surface area contributed by atoms with Crippen molar-refractivity contribution in [3.8, 4) is 17.2 Å². The van der Waals surface area contributed by atoms with E-state index in [4.69, 9.17) is 25.8 Å². The van der Waals surface area contributed by atoms with Crippen molar-refractivity contribution in [2.24, 2.45) is 0 Å². The molecule has 0 saturated carbocycles. The van der Waals surface area contributed by atoms with Gasteiger partial charge in [0.2, 0.25) is 5.75 Å². The molecule has 0 aliphatic heterocycles. The maximum atomic E-state index is 15.2. The van der Waals surface area contributed by atoms with Gasteiger partial charge in [-0.15, -0.1) is 11.6 Å². The molecule has 0 saturated heterocycles. The Morgan fingerprint density at radius 3 is 0.667 bits per heavy atom. The van der Waals surface area contributed by atoms with Crippen LogP contribution in [0.3, 0.4) is 0 Å². The molecule has 8 heteroatoms. The third kappa shape index (κ3) is 34.6. The van der Waals surface area contributed by atoms with Gasteiger partial charge >= 0.3 is 0 Å². The van der Waals surface area contributed by atoms with Crippen LogP contribution in [0.15, 0.2) is 48.5 Å². The summed E-state index contributed by atoms with van der Waals surface area (Å²) in [6.07, 6.45) is 61.0. The molecule has 0 aliphatic carbocycles. The van der Waals surface area contributed by atoms with Gasteiger partial charge in [0.1, 0.15) is 28.1 Å². The fraction of sp³-hybridized carbons (Fsp3) is 0.753. The molecule has 0 aliphatic rings. The minimum Gasteiger partial charge on any atom is -0.490 e. The number of rotatable bonds is 57. The lowest BCUT2D eigenvalue weighted by Crippen LogP contribution is -2.24. The summed E-state index contributed by atoms with van der Waals surface area (Å²) < 4.78 is 80.6. The van der Waals surface area contributed by atoms with Crippen LogP contribution in [0.4, 0.5) is 17.6 Å². The van der Waals surface area contributed by atoms with E-state index in [-0.39, 0.29) is 11.1 Å². The van der Waals surface area contributed by atoms with Crippen molar-refractivity contribution in [2.45, 2.75) is 334 Å². The lowest BCUT2D eigenvalue weighted by Gasteiger charge is -2.31. The van der Waals surface area contributed by atoms with Gasteiger partial charge in [-0.05, 0) is 72.4 Å². The number of hydrogen-bond donors (Lipinski definition) is 0. The van der Waals surface area contributed by atoms with E-state index in [0.717, 1.165) is 94.2 Å². The smallest absolute Gasteiger partial charge is 0.203 e. The van der Waals surface area contributed by atoms with Crippen molar-refractivity contribution in [3.05, 3.63) is 88.5 Å². The van der Waals surface area contributed by atoms with Crippen LogP contribution in [-0.4, -0.2) is 19.8 Å². The van der Waals surface area contributed by atoms with Crippen LogP contribution < -0.4 is 14.2 Å². The van der Waals surface area contributed by atoms with Crippen LogP contribution in [0.2, 0.25) is 0 Å². The van der Waals surface area contributed by atoms with Gasteiger partial charge in [0.25, 0.3) is 0 Å². The molecule has 3 rings (SSSR count). The molecule has 3 aromatic rings. The van der Waals surface area contributed by atoms with E-state index in [1.807, 2.05) is 0 Å². The van der Waals surface area contributed by atoms with Crippen LogP contribution >= 0.6 is 11.6 Å². The average molecular weight is 1160 g/mol. The summed E-state index contributed by atoms with van der Waals surface area (Å²) in [6, 6.07) is 9.45. The van der Waals surface area contributed by atoms with Gasteiger partial charge in [-0.3, -0.25) is 0 Å². The van der Waals surface area contributed by atoms with Crippen LogP contribution in [-0.2, 0) is 4.87 Å².